The van der Waals surface area contributed by atoms with Crippen molar-refractivity contribution in [1.82, 2.24) is 15.3 Å². The zero-order chi connectivity index (χ0) is 21.3. The number of carbonyl (C=O) groups is 1. The normalized spacial score (nSPS) is 17.2. The number of thiophene rings is 1. The Morgan fingerprint density at radius 2 is 1.97 bits per heavy atom. The number of H-pyrrole nitrogens is 1. The second-order valence-corrected chi connectivity index (χ2v) is 10.7. The van der Waals surface area contributed by atoms with E-state index in [0.29, 0.717) is 23.8 Å². The summed E-state index contributed by atoms with van der Waals surface area (Å²) in [5, 5.41) is 4.09. The van der Waals surface area contributed by atoms with Crippen LogP contribution in [0.4, 0.5) is 0 Å². The number of thioether (sulfide) groups is 1. The van der Waals surface area contributed by atoms with Crippen molar-refractivity contribution in [3.05, 3.63) is 62.5 Å². The van der Waals surface area contributed by atoms with Crippen molar-refractivity contribution in [2.75, 3.05) is 5.75 Å². The van der Waals surface area contributed by atoms with Gasteiger partial charge in [0.1, 0.15) is 10.7 Å². The first-order valence-corrected chi connectivity index (χ1v) is 13.1. The summed E-state index contributed by atoms with van der Waals surface area (Å²) in [7, 11) is 0. The average Bonchev–Trinajstić information content (AvgIpc) is 3.13. The van der Waals surface area contributed by atoms with E-state index in [2.05, 4.69) is 22.4 Å². The fourth-order valence-corrected chi connectivity index (χ4v) is 6.80. The van der Waals surface area contributed by atoms with Gasteiger partial charge in [0.15, 0.2) is 0 Å². The van der Waals surface area contributed by atoms with Crippen molar-refractivity contribution in [1.29, 1.82) is 0 Å². The molecule has 5 rings (SSSR count). The van der Waals surface area contributed by atoms with Crippen LogP contribution in [0, 0.1) is 0 Å². The van der Waals surface area contributed by atoms with Gasteiger partial charge in [-0.15, -0.1) is 11.3 Å². The summed E-state index contributed by atoms with van der Waals surface area (Å²) in [5.41, 5.74) is 2.24. The second kappa shape index (κ2) is 8.79. The number of carbonyl (C=O) groups excluding carboxylic acids is 1. The molecule has 0 unspecified atom stereocenters. The van der Waals surface area contributed by atoms with Gasteiger partial charge in [0.25, 0.3) is 5.56 Å². The topological polar surface area (TPSA) is 74.8 Å². The second-order valence-electron chi connectivity index (χ2n) is 8.56. The molecule has 3 aromatic rings. The predicted octanol–water partition coefficient (Wildman–Crippen LogP) is 4.68. The third kappa shape index (κ3) is 4.17. The van der Waals surface area contributed by atoms with Crippen LogP contribution >= 0.6 is 23.1 Å². The molecule has 1 aromatic carbocycles. The molecule has 162 valence electrons. The molecule has 2 heterocycles. The minimum absolute atomic E-state index is 0.00692. The van der Waals surface area contributed by atoms with Gasteiger partial charge < -0.3 is 10.3 Å². The number of benzene rings is 1. The van der Waals surface area contributed by atoms with E-state index in [-0.39, 0.29) is 17.0 Å². The van der Waals surface area contributed by atoms with Gasteiger partial charge in [0.2, 0.25) is 5.91 Å². The van der Waals surface area contributed by atoms with Crippen LogP contribution in [0.5, 0.6) is 0 Å². The fraction of sp³-hybridized carbons (Fsp3) is 0.458. The summed E-state index contributed by atoms with van der Waals surface area (Å²) in [4.78, 5) is 35.1. The number of fused-ring (bicyclic) bond motifs is 3. The number of rotatable bonds is 7. The van der Waals surface area contributed by atoms with E-state index < -0.39 is 0 Å². The van der Waals surface area contributed by atoms with Gasteiger partial charge in [-0.2, -0.15) is 11.8 Å². The van der Waals surface area contributed by atoms with Crippen LogP contribution in [-0.2, 0) is 28.9 Å². The average molecular weight is 454 g/mol. The highest BCUT2D eigenvalue weighted by atomic mass is 32.2. The van der Waals surface area contributed by atoms with Crippen molar-refractivity contribution < 1.29 is 4.79 Å². The van der Waals surface area contributed by atoms with Crippen molar-refractivity contribution in [2.45, 2.75) is 62.7 Å². The standard InChI is InChI=1S/C24H27N3O2S2/c28-20(27-24(12-6-13-24)16-7-2-1-3-8-16)11-14-30-15-19-25-22(29)21-17-9-4-5-10-18(17)31-23(21)26-19/h1-3,7-8H,4-6,9-15H2,(H,27,28)(H,25,26,29). The Morgan fingerprint density at radius 3 is 2.74 bits per heavy atom. The lowest BCUT2D eigenvalue weighted by Crippen LogP contribution is -2.50. The van der Waals surface area contributed by atoms with Gasteiger partial charge >= 0.3 is 0 Å². The Labute approximate surface area is 190 Å². The van der Waals surface area contributed by atoms with Crippen LogP contribution in [0.15, 0.2) is 35.1 Å². The largest absolute Gasteiger partial charge is 0.347 e. The Balaban J connectivity index is 1.17. The number of aromatic nitrogens is 2. The summed E-state index contributed by atoms with van der Waals surface area (Å²) < 4.78 is 0. The van der Waals surface area contributed by atoms with Gasteiger partial charge in [-0.3, -0.25) is 9.59 Å². The summed E-state index contributed by atoms with van der Waals surface area (Å²) >= 11 is 3.33. The molecule has 0 bridgehead atoms. The molecule has 1 saturated carbocycles. The summed E-state index contributed by atoms with van der Waals surface area (Å²) in [6, 6.07) is 10.3. The van der Waals surface area contributed by atoms with E-state index in [0.717, 1.165) is 48.7 Å². The number of hydrogen-bond acceptors (Lipinski definition) is 5. The lowest BCUT2D eigenvalue weighted by Gasteiger charge is -2.43. The summed E-state index contributed by atoms with van der Waals surface area (Å²) in [6.07, 6.45) is 8.05. The number of hydrogen-bond donors (Lipinski definition) is 2. The predicted molar refractivity (Wildman–Crippen MR) is 128 cm³/mol. The van der Waals surface area contributed by atoms with E-state index in [9.17, 15) is 9.59 Å². The first-order chi connectivity index (χ1) is 15.1. The Hall–Kier alpha value is -2.12. The van der Waals surface area contributed by atoms with E-state index in [1.165, 1.54) is 22.4 Å². The number of nitrogens with one attached hydrogen (secondary N) is 2. The molecular weight excluding hydrogens is 426 g/mol. The summed E-state index contributed by atoms with van der Waals surface area (Å²) in [6.45, 7) is 0. The van der Waals surface area contributed by atoms with Gasteiger partial charge in [-0.25, -0.2) is 4.98 Å². The summed E-state index contributed by atoms with van der Waals surface area (Å²) in [5.74, 6) is 2.13. The highest BCUT2D eigenvalue weighted by Crippen LogP contribution is 2.41. The number of nitrogens with zero attached hydrogens (tertiary/aromatic N) is 1. The Kier molecular flexibility index (Phi) is 5.89. The minimum Gasteiger partial charge on any atom is -0.347 e. The van der Waals surface area contributed by atoms with Crippen LogP contribution in [-0.4, -0.2) is 21.6 Å². The maximum atomic E-state index is 12.6. The fourth-order valence-electron chi connectivity index (χ4n) is 4.71. The van der Waals surface area contributed by atoms with E-state index in [4.69, 9.17) is 4.98 Å². The molecule has 2 N–H and O–H groups in total. The van der Waals surface area contributed by atoms with Crippen LogP contribution in [0.3, 0.4) is 0 Å². The molecule has 0 radical (unpaired) electrons. The lowest BCUT2D eigenvalue weighted by molar-refractivity contribution is -0.123. The molecule has 31 heavy (non-hydrogen) atoms. The van der Waals surface area contributed by atoms with E-state index >= 15 is 0 Å². The molecule has 0 aliphatic heterocycles. The number of amides is 1. The van der Waals surface area contributed by atoms with Crippen molar-refractivity contribution in [2.24, 2.45) is 0 Å². The smallest absolute Gasteiger partial charge is 0.259 e. The van der Waals surface area contributed by atoms with Gasteiger partial charge in [-0.05, 0) is 56.1 Å². The molecular formula is C24H27N3O2S2. The molecule has 1 amide bonds. The lowest BCUT2D eigenvalue weighted by atomic mass is 9.71. The molecule has 0 saturated heterocycles. The molecule has 0 atom stereocenters. The van der Waals surface area contributed by atoms with Gasteiger partial charge in [0.05, 0.1) is 16.7 Å². The van der Waals surface area contributed by atoms with Crippen LogP contribution in [0.25, 0.3) is 10.2 Å². The first kappa shape index (κ1) is 20.8. The highest BCUT2D eigenvalue weighted by molar-refractivity contribution is 7.98. The molecule has 7 heteroatoms. The highest BCUT2D eigenvalue weighted by Gasteiger charge is 2.39. The van der Waals surface area contributed by atoms with Crippen LogP contribution in [0.1, 0.15) is 60.4 Å². The first-order valence-electron chi connectivity index (χ1n) is 11.1. The molecule has 2 aromatic heterocycles. The molecule has 2 aliphatic carbocycles. The third-order valence-electron chi connectivity index (χ3n) is 6.50. The molecule has 1 fully saturated rings. The van der Waals surface area contributed by atoms with Crippen LogP contribution < -0.4 is 10.9 Å². The maximum absolute atomic E-state index is 12.6. The molecule has 2 aliphatic rings. The molecule has 5 nitrogen and oxygen atoms in total. The Bertz CT molecular complexity index is 1150. The number of aromatic amines is 1. The van der Waals surface area contributed by atoms with Crippen LogP contribution in [0.2, 0.25) is 0 Å². The molecule has 0 spiro atoms. The van der Waals surface area contributed by atoms with Crippen molar-refractivity contribution in [3.63, 3.8) is 0 Å². The maximum Gasteiger partial charge on any atom is 0.259 e. The van der Waals surface area contributed by atoms with Gasteiger partial charge in [-0.1, -0.05) is 30.3 Å². The number of aryl methyl sites for hydroxylation is 2. The van der Waals surface area contributed by atoms with Crippen molar-refractivity contribution >= 4 is 39.2 Å². The third-order valence-corrected chi connectivity index (χ3v) is 8.65. The quantitative estimate of drug-likeness (QED) is 0.509. The van der Waals surface area contributed by atoms with Gasteiger partial charge in [0, 0.05) is 17.1 Å². The Morgan fingerprint density at radius 1 is 1.16 bits per heavy atom. The van der Waals surface area contributed by atoms with E-state index in [1.807, 2.05) is 18.2 Å². The van der Waals surface area contributed by atoms with E-state index in [1.54, 1.807) is 23.1 Å². The minimum atomic E-state index is -0.181. The zero-order valence-corrected chi connectivity index (χ0v) is 19.2. The zero-order valence-electron chi connectivity index (χ0n) is 17.5. The monoisotopic (exact) mass is 453 g/mol. The van der Waals surface area contributed by atoms with Crippen molar-refractivity contribution in [3.8, 4) is 0 Å². The SMILES string of the molecule is O=C(CCSCc1nc2sc3c(c2c(=O)[nH]1)CCCC3)NC1(c2ccccc2)CCC1.